The number of carbonyl (C=O) groups is 1. The molecule has 0 spiro atoms. The second-order valence-electron chi connectivity index (χ2n) is 6.98. The maximum atomic E-state index is 13.4. The molecule has 1 aliphatic rings. The lowest BCUT2D eigenvalue weighted by Crippen LogP contribution is -2.36. The van der Waals surface area contributed by atoms with E-state index in [2.05, 4.69) is 0 Å². The van der Waals surface area contributed by atoms with Crippen LogP contribution in [0.4, 0.5) is 5.13 Å². The maximum Gasteiger partial charge on any atom is 0.232 e. The van der Waals surface area contributed by atoms with Crippen LogP contribution in [0.1, 0.15) is 37.9 Å². The van der Waals surface area contributed by atoms with Gasteiger partial charge in [-0.05, 0) is 37.1 Å². The number of hydrogen-bond acceptors (Lipinski definition) is 6. The largest absolute Gasteiger partial charge is 0.495 e. The molecule has 1 amide bonds. The van der Waals surface area contributed by atoms with E-state index in [0.29, 0.717) is 22.9 Å². The smallest absolute Gasteiger partial charge is 0.232 e. The highest BCUT2D eigenvalue weighted by atomic mass is 32.1. The van der Waals surface area contributed by atoms with E-state index in [1.165, 1.54) is 17.8 Å². The fourth-order valence-corrected chi connectivity index (χ4v) is 4.84. The van der Waals surface area contributed by atoms with Gasteiger partial charge in [-0.2, -0.15) is 0 Å². The molecule has 2 aromatic heterocycles. The van der Waals surface area contributed by atoms with Crippen LogP contribution in [0.3, 0.4) is 0 Å². The quantitative estimate of drug-likeness (QED) is 0.581. The number of furan rings is 1. The van der Waals surface area contributed by atoms with Crippen molar-refractivity contribution < 1.29 is 18.7 Å². The maximum absolute atomic E-state index is 13.4. The fourth-order valence-electron chi connectivity index (χ4n) is 3.76. The molecular formula is C21H24N2O4S. The molecule has 1 aliphatic carbocycles. The second kappa shape index (κ2) is 8.22. The lowest BCUT2D eigenvalue weighted by atomic mass is 9.88. The van der Waals surface area contributed by atoms with Crippen LogP contribution in [0.15, 0.2) is 34.9 Å². The Kier molecular flexibility index (Phi) is 5.52. The summed E-state index contributed by atoms with van der Waals surface area (Å²) in [4.78, 5) is 19.9. The minimum atomic E-state index is 0.0412. The minimum absolute atomic E-state index is 0.0412. The van der Waals surface area contributed by atoms with E-state index >= 15 is 0 Å². The molecule has 0 N–H and O–H groups in total. The van der Waals surface area contributed by atoms with Gasteiger partial charge in [0.05, 0.1) is 27.0 Å². The average Bonchev–Trinajstić information content (AvgIpc) is 3.41. The highest BCUT2D eigenvalue weighted by Gasteiger charge is 2.30. The summed E-state index contributed by atoms with van der Waals surface area (Å²) in [5.41, 5.74) is 0.711. The van der Waals surface area contributed by atoms with Gasteiger partial charge in [-0.1, -0.05) is 30.6 Å². The molecule has 1 saturated carbocycles. The van der Waals surface area contributed by atoms with Crippen LogP contribution in [-0.2, 0) is 11.3 Å². The highest BCUT2D eigenvalue weighted by Crippen LogP contribution is 2.41. The number of rotatable bonds is 6. The first-order chi connectivity index (χ1) is 13.7. The number of fused-ring (bicyclic) bond motifs is 1. The zero-order chi connectivity index (χ0) is 19.5. The number of carbonyl (C=O) groups excluding carboxylic acids is 1. The van der Waals surface area contributed by atoms with Crippen molar-refractivity contribution in [3.8, 4) is 11.5 Å². The average molecular weight is 401 g/mol. The van der Waals surface area contributed by atoms with Gasteiger partial charge in [0.25, 0.3) is 0 Å². The van der Waals surface area contributed by atoms with Gasteiger partial charge in [-0.15, -0.1) is 0 Å². The predicted octanol–water partition coefficient (Wildman–Crippen LogP) is 5.02. The summed E-state index contributed by atoms with van der Waals surface area (Å²) in [5, 5.41) is 0.643. The van der Waals surface area contributed by atoms with Crippen molar-refractivity contribution >= 4 is 32.6 Å². The Morgan fingerprint density at radius 1 is 1.18 bits per heavy atom. The Balaban J connectivity index is 1.75. The van der Waals surface area contributed by atoms with E-state index < -0.39 is 0 Å². The van der Waals surface area contributed by atoms with Crippen LogP contribution in [0.2, 0.25) is 0 Å². The number of hydrogen-bond donors (Lipinski definition) is 0. The summed E-state index contributed by atoms with van der Waals surface area (Å²) >= 11 is 1.45. The Morgan fingerprint density at radius 3 is 2.61 bits per heavy atom. The van der Waals surface area contributed by atoms with Crippen molar-refractivity contribution in [2.24, 2.45) is 5.92 Å². The van der Waals surface area contributed by atoms with E-state index in [4.69, 9.17) is 18.9 Å². The molecule has 6 nitrogen and oxygen atoms in total. The van der Waals surface area contributed by atoms with Gasteiger partial charge < -0.3 is 13.9 Å². The highest BCUT2D eigenvalue weighted by molar-refractivity contribution is 7.22. The van der Waals surface area contributed by atoms with Crippen molar-refractivity contribution in [2.75, 3.05) is 19.1 Å². The van der Waals surface area contributed by atoms with Crippen molar-refractivity contribution in [1.29, 1.82) is 0 Å². The van der Waals surface area contributed by atoms with E-state index in [1.807, 2.05) is 24.3 Å². The molecule has 0 bridgehead atoms. The van der Waals surface area contributed by atoms with Gasteiger partial charge in [0.2, 0.25) is 5.91 Å². The molecule has 0 unspecified atom stereocenters. The standard InChI is InChI=1S/C21H24N2O4S/c1-25-16-10-11-17(26-2)19-18(16)22-21(28-19)23(13-15-9-6-12-27-15)20(24)14-7-4-3-5-8-14/h6,9-12,14H,3-5,7-8,13H2,1-2H3. The normalized spacial score (nSPS) is 14.9. The molecule has 0 radical (unpaired) electrons. The van der Waals surface area contributed by atoms with Gasteiger partial charge in [-0.3, -0.25) is 9.69 Å². The first-order valence-corrected chi connectivity index (χ1v) is 10.4. The Bertz CT molecular complexity index is 904. The van der Waals surface area contributed by atoms with Crippen molar-refractivity contribution in [2.45, 2.75) is 38.6 Å². The van der Waals surface area contributed by atoms with Gasteiger partial charge in [0.15, 0.2) is 5.13 Å². The SMILES string of the molecule is COc1ccc(OC)c2sc(N(Cc3ccco3)C(=O)C3CCCCC3)nc12. The van der Waals surface area contributed by atoms with Gasteiger partial charge in [-0.25, -0.2) is 4.98 Å². The van der Waals surface area contributed by atoms with Crippen molar-refractivity contribution in [3.63, 3.8) is 0 Å². The third kappa shape index (κ3) is 3.58. The van der Waals surface area contributed by atoms with Gasteiger partial charge >= 0.3 is 0 Å². The molecule has 7 heteroatoms. The summed E-state index contributed by atoms with van der Waals surface area (Å²) in [6, 6.07) is 7.42. The first kappa shape index (κ1) is 18.8. The van der Waals surface area contributed by atoms with E-state index in [-0.39, 0.29) is 11.8 Å². The van der Waals surface area contributed by atoms with Crippen molar-refractivity contribution in [1.82, 2.24) is 4.98 Å². The number of ether oxygens (including phenoxy) is 2. The summed E-state index contributed by atoms with van der Waals surface area (Å²) in [6.45, 7) is 0.368. The van der Waals surface area contributed by atoms with E-state index in [9.17, 15) is 4.79 Å². The molecule has 28 heavy (non-hydrogen) atoms. The molecule has 0 aliphatic heterocycles. The lowest BCUT2D eigenvalue weighted by Gasteiger charge is -2.27. The third-order valence-electron chi connectivity index (χ3n) is 5.24. The molecule has 1 fully saturated rings. The fraction of sp³-hybridized carbons (Fsp3) is 0.429. The molecule has 148 valence electrons. The van der Waals surface area contributed by atoms with Crippen molar-refractivity contribution in [3.05, 3.63) is 36.3 Å². The molecule has 2 heterocycles. The van der Waals surface area contributed by atoms with E-state index in [1.54, 1.807) is 25.4 Å². The number of aromatic nitrogens is 1. The molecule has 0 saturated heterocycles. The lowest BCUT2D eigenvalue weighted by molar-refractivity contribution is -0.123. The second-order valence-corrected chi connectivity index (χ2v) is 7.96. The van der Waals surface area contributed by atoms with Crippen LogP contribution < -0.4 is 14.4 Å². The minimum Gasteiger partial charge on any atom is -0.495 e. The molecular weight excluding hydrogens is 376 g/mol. The van der Waals surface area contributed by atoms with Gasteiger partial charge in [0.1, 0.15) is 27.5 Å². The number of methoxy groups -OCH3 is 2. The van der Waals surface area contributed by atoms with Crippen LogP contribution in [-0.4, -0.2) is 25.1 Å². The molecule has 4 rings (SSSR count). The first-order valence-electron chi connectivity index (χ1n) is 9.56. The number of amides is 1. The predicted molar refractivity (Wildman–Crippen MR) is 109 cm³/mol. The summed E-state index contributed by atoms with van der Waals surface area (Å²) in [7, 11) is 3.25. The van der Waals surface area contributed by atoms with Crippen LogP contribution in [0.25, 0.3) is 10.2 Å². The Morgan fingerprint density at radius 2 is 1.93 bits per heavy atom. The number of nitrogens with zero attached hydrogens (tertiary/aromatic N) is 2. The molecule has 0 atom stereocenters. The van der Waals surface area contributed by atoms with Crippen LogP contribution in [0.5, 0.6) is 11.5 Å². The van der Waals surface area contributed by atoms with Crippen LogP contribution >= 0.6 is 11.3 Å². The zero-order valence-electron chi connectivity index (χ0n) is 16.1. The molecule has 1 aromatic carbocycles. The van der Waals surface area contributed by atoms with Gasteiger partial charge in [0, 0.05) is 5.92 Å². The zero-order valence-corrected chi connectivity index (χ0v) is 17.0. The summed E-state index contributed by atoms with van der Waals surface area (Å²) in [5.74, 6) is 2.29. The molecule has 3 aromatic rings. The van der Waals surface area contributed by atoms with Crippen LogP contribution in [0, 0.1) is 5.92 Å². The number of anilines is 1. The number of benzene rings is 1. The Labute approximate surface area is 168 Å². The van der Waals surface area contributed by atoms with E-state index in [0.717, 1.165) is 41.9 Å². The number of thiazole rings is 1. The summed E-state index contributed by atoms with van der Waals surface area (Å²) < 4.78 is 17.4. The topological polar surface area (TPSA) is 64.8 Å². The summed E-state index contributed by atoms with van der Waals surface area (Å²) in [6.07, 6.45) is 6.91. The monoisotopic (exact) mass is 400 g/mol. The Hall–Kier alpha value is -2.54. The third-order valence-corrected chi connectivity index (χ3v) is 6.34.